The Bertz CT molecular complexity index is 753. The first kappa shape index (κ1) is 26.0. The van der Waals surface area contributed by atoms with Crippen LogP contribution in [0.4, 0.5) is 0 Å². The summed E-state index contributed by atoms with van der Waals surface area (Å²) in [7, 11) is 0. The number of H-pyrrole nitrogens is 1. The van der Waals surface area contributed by atoms with Crippen LogP contribution in [0.25, 0.3) is 0 Å². The van der Waals surface area contributed by atoms with Gasteiger partial charge in [0, 0.05) is 18.3 Å². The number of rotatable bonds is 12. The largest absolute Gasteiger partial charge is 0.480 e. The van der Waals surface area contributed by atoms with Crippen LogP contribution in [0.5, 0.6) is 0 Å². The van der Waals surface area contributed by atoms with E-state index in [0.29, 0.717) is 12.1 Å². The van der Waals surface area contributed by atoms with Crippen molar-refractivity contribution in [2.45, 2.75) is 70.8 Å². The van der Waals surface area contributed by atoms with E-state index in [1.54, 1.807) is 6.92 Å². The Morgan fingerprint density at radius 1 is 1.10 bits per heavy atom. The summed E-state index contributed by atoms with van der Waals surface area (Å²) in [6, 6.07) is -4.53. The Morgan fingerprint density at radius 3 is 2.23 bits per heavy atom. The molecule has 12 heteroatoms. The number of carboxylic acids is 1. The molecule has 6 atom stereocenters. The first-order valence-corrected chi connectivity index (χ1v) is 10.0. The fourth-order valence-corrected chi connectivity index (χ4v) is 2.63. The van der Waals surface area contributed by atoms with E-state index in [4.69, 9.17) is 10.8 Å². The van der Waals surface area contributed by atoms with E-state index in [-0.39, 0.29) is 12.3 Å². The number of aliphatic hydroxyl groups is 1. The van der Waals surface area contributed by atoms with E-state index >= 15 is 0 Å². The molecule has 1 rings (SSSR count). The molecule has 0 aliphatic carbocycles. The molecule has 12 nitrogen and oxygen atoms in total. The fourth-order valence-electron chi connectivity index (χ4n) is 2.63. The minimum Gasteiger partial charge on any atom is -0.480 e. The smallest absolute Gasteiger partial charge is 0.325 e. The number of nitrogens with zero attached hydrogens (tertiary/aromatic N) is 1. The molecule has 0 radical (unpaired) electrons. The first-order chi connectivity index (χ1) is 14.5. The summed E-state index contributed by atoms with van der Waals surface area (Å²) in [6.45, 7) is 6.23. The number of carbonyl (C=O) groups excluding carboxylic acids is 3. The molecule has 1 aromatic rings. The molecular weight excluding hydrogens is 408 g/mol. The number of aliphatic carboxylic acids is 1. The maximum absolute atomic E-state index is 13.0. The van der Waals surface area contributed by atoms with Crippen molar-refractivity contribution in [2.75, 3.05) is 0 Å². The van der Waals surface area contributed by atoms with Crippen LogP contribution in [0.1, 0.15) is 39.8 Å². The number of nitrogens with two attached hydrogens (primary N) is 1. The second kappa shape index (κ2) is 12.0. The predicted molar refractivity (Wildman–Crippen MR) is 111 cm³/mol. The van der Waals surface area contributed by atoms with Gasteiger partial charge in [-0.1, -0.05) is 20.3 Å². The zero-order valence-corrected chi connectivity index (χ0v) is 18.1. The topological polar surface area (TPSA) is 200 Å². The third-order valence-corrected chi connectivity index (χ3v) is 4.96. The Hall–Kier alpha value is -2.99. The molecular formula is C19H32N6O6. The lowest BCUT2D eigenvalue weighted by atomic mass is 9.97. The van der Waals surface area contributed by atoms with Crippen LogP contribution in [0, 0.1) is 5.92 Å². The average Bonchev–Trinajstić information content (AvgIpc) is 3.22. The van der Waals surface area contributed by atoms with Gasteiger partial charge in [-0.25, -0.2) is 4.98 Å². The summed E-state index contributed by atoms with van der Waals surface area (Å²) in [5.41, 5.74) is 6.19. The highest BCUT2D eigenvalue weighted by Crippen LogP contribution is 2.10. The molecule has 6 unspecified atom stereocenters. The van der Waals surface area contributed by atoms with Gasteiger partial charge in [-0.15, -0.1) is 0 Å². The predicted octanol–water partition coefficient (Wildman–Crippen LogP) is -1.73. The molecule has 0 spiro atoms. The lowest BCUT2D eigenvalue weighted by Crippen LogP contribution is -2.59. The Morgan fingerprint density at radius 2 is 1.74 bits per heavy atom. The summed E-state index contributed by atoms with van der Waals surface area (Å²) >= 11 is 0. The molecule has 0 fully saturated rings. The van der Waals surface area contributed by atoms with Crippen molar-refractivity contribution < 1.29 is 29.4 Å². The van der Waals surface area contributed by atoms with Gasteiger partial charge < -0.3 is 36.9 Å². The summed E-state index contributed by atoms with van der Waals surface area (Å²) in [4.78, 5) is 55.7. The van der Waals surface area contributed by atoms with Gasteiger partial charge in [-0.2, -0.15) is 0 Å². The van der Waals surface area contributed by atoms with E-state index in [9.17, 15) is 24.3 Å². The number of hydrogen-bond acceptors (Lipinski definition) is 7. The van der Waals surface area contributed by atoms with E-state index < -0.39 is 54.0 Å². The zero-order chi connectivity index (χ0) is 23.7. The third kappa shape index (κ3) is 7.98. The van der Waals surface area contributed by atoms with Crippen molar-refractivity contribution in [3.63, 3.8) is 0 Å². The highest BCUT2D eigenvalue weighted by molar-refractivity contribution is 5.94. The van der Waals surface area contributed by atoms with Gasteiger partial charge in [0.2, 0.25) is 17.7 Å². The summed E-state index contributed by atoms with van der Waals surface area (Å²) in [6.07, 6.45) is 2.33. The normalized spacial score (nSPS) is 16.8. The maximum atomic E-state index is 13.0. The fraction of sp³-hybridized carbons (Fsp3) is 0.632. The van der Waals surface area contributed by atoms with Crippen LogP contribution < -0.4 is 21.7 Å². The number of hydrogen-bond donors (Lipinski definition) is 7. The number of aliphatic hydroxyl groups excluding tert-OH is 1. The first-order valence-electron chi connectivity index (χ1n) is 10.0. The zero-order valence-electron chi connectivity index (χ0n) is 18.1. The Labute approximate surface area is 180 Å². The second-order valence-electron chi connectivity index (χ2n) is 7.55. The van der Waals surface area contributed by atoms with Crippen LogP contribution in [0.15, 0.2) is 12.5 Å². The number of aromatic amines is 1. The van der Waals surface area contributed by atoms with Gasteiger partial charge in [-0.05, 0) is 19.8 Å². The number of carboxylic acid groups (broad SMARTS) is 1. The van der Waals surface area contributed by atoms with Gasteiger partial charge in [0.15, 0.2) is 0 Å². The molecule has 0 bridgehead atoms. The third-order valence-electron chi connectivity index (χ3n) is 4.96. The highest BCUT2D eigenvalue weighted by Gasteiger charge is 2.32. The number of aromatic nitrogens is 2. The van der Waals surface area contributed by atoms with Gasteiger partial charge in [0.25, 0.3) is 0 Å². The number of amides is 3. The molecule has 0 aliphatic rings. The molecule has 0 saturated carbocycles. The second-order valence-corrected chi connectivity index (χ2v) is 7.55. The molecule has 0 aromatic carbocycles. The van der Waals surface area contributed by atoms with E-state index in [2.05, 4.69) is 25.9 Å². The molecule has 31 heavy (non-hydrogen) atoms. The van der Waals surface area contributed by atoms with Crippen LogP contribution >= 0.6 is 0 Å². The average molecular weight is 441 g/mol. The molecule has 1 aromatic heterocycles. The number of imidazole rings is 1. The van der Waals surface area contributed by atoms with Gasteiger partial charge in [0.05, 0.1) is 12.4 Å². The van der Waals surface area contributed by atoms with Gasteiger partial charge in [0.1, 0.15) is 24.2 Å². The molecule has 1 heterocycles. The summed E-state index contributed by atoms with van der Waals surface area (Å²) in [5, 5.41) is 26.0. The number of nitrogens with one attached hydrogen (secondary N) is 4. The summed E-state index contributed by atoms with van der Waals surface area (Å²) < 4.78 is 0. The minimum atomic E-state index is -1.23. The quantitative estimate of drug-likeness (QED) is 0.199. The van der Waals surface area contributed by atoms with Crippen molar-refractivity contribution >= 4 is 23.7 Å². The van der Waals surface area contributed by atoms with Crippen LogP contribution in [0.2, 0.25) is 0 Å². The molecule has 174 valence electrons. The standard InChI is InChI=1S/C19H32N6O6/c1-5-9(2)15(25-17(28)14(20)11(4)26)18(29)24-13(6-12-7-21-8-22-12)16(27)23-10(3)19(30)31/h7-11,13-15,26H,5-6,20H2,1-4H3,(H,21,22)(H,23,27)(H,24,29)(H,25,28)(H,30,31). The van der Waals surface area contributed by atoms with Crippen molar-refractivity contribution in [3.05, 3.63) is 18.2 Å². The monoisotopic (exact) mass is 440 g/mol. The lowest BCUT2D eigenvalue weighted by Gasteiger charge is -2.28. The van der Waals surface area contributed by atoms with Crippen molar-refractivity contribution in [2.24, 2.45) is 11.7 Å². The lowest BCUT2D eigenvalue weighted by molar-refractivity contribution is -0.141. The summed E-state index contributed by atoms with van der Waals surface area (Å²) in [5.74, 6) is -3.57. The van der Waals surface area contributed by atoms with Gasteiger partial charge >= 0.3 is 5.97 Å². The van der Waals surface area contributed by atoms with Crippen molar-refractivity contribution in [1.82, 2.24) is 25.9 Å². The van der Waals surface area contributed by atoms with E-state index in [0.717, 1.165) is 0 Å². The molecule has 0 saturated heterocycles. The van der Waals surface area contributed by atoms with Gasteiger partial charge in [-0.3, -0.25) is 19.2 Å². The Kier molecular flexibility index (Phi) is 10.1. The Balaban J connectivity index is 3.03. The van der Waals surface area contributed by atoms with Crippen molar-refractivity contribution in [1.29, 1.82) is 0 Å². The van der Waals surface area contributed by atoms with Crippen LogP contribution in [-0.2, 0) is 25.6 Å². The minimum absolute atomic E-state index is 0.0261. The molecule has 3 amide bonds. The van der Waals surface area contributed by atoms with Crippen LogP contribution in [-0.4, -0.2) is 74.1 Å². The maximum Gasteiger partial charge on any atom is 0.325 e. The van der Waals surface area contributed by atoms with E-state index in [1.807, 2.05) is 6.92 Å². The number of carbonyl (C=O) groups is 4. The highest BCUT2D eigenvalue weighted by atomic mass is 16.4. The molecule has 8 N–H and O–H groups in total. The molecule has 0 aliphatic heterocycles. The SMILES string of the molecule is CCC(C)C(NC(=O)C(N)C(C)O)C(=O)NC(Cc1cnc[nH]1)C(=O)NC(C)C(=O)O. The van der Waals surface area contributed by atoms with Crippen molar-refractivity contribution in [3.8, 4) is 0 Å². The van der Waals surface area contributed by atoms with Crippen LogP contribution in [0.3, 0.4) is 0 Å². The van der Waals surface area contributed by atoms with E-state index in [1.165, 1.54) is 26.4 Å².